The molecular formula is C48H92Cl2N4O9. The number of esters is 3. The molecule has 0 fully saturated rings. The predicted octanol–water partition coefficient (Wildman–Crippen LogP) is 1.72. The number of allylic oxidation sites excluding steroid dienone is 1. The van der Waals surface area contributed by atoms with Crippen molar-refractivity contribution in [3.63, 3.8) is 0 Å². The zero-order chi connectivity index (χ0) is 45.6. The Morgan fingerprint density at radius 3 is 1.56 bits per heavy atom. The van der Waals surface area contributed by atoms with Crippen LogP contribution >= 0.6 is 0 Å². The Morgan fingerprint density at radius 1 is 0.540 bits per heavy atom. The lowest BCUT2D eigenvalue weighted by molar-refractivity contribution is -0.870. The third kappa shape index (κ3) is 47.3. The van der Waals surface area contributed by atoms with Crippen molar-refractivity contribution >= 4 is 29.7 Å². The quantitative estimate of drug-likeness (QED) is 0.0208. The molecule has 0 aromatic carbocycles. The zero-order valence-corrected chi connectivity index (χ0v) is 42.3. The summed E-state index contributed by atoms with van der Waals surface area (Å²) < 4.78 is 17.5. The molecule has 63 heavy (non-hydrogen) atoms. The molecule has 0 saturated carbocycles. The molecule has 0 aliphatic carbocycles. The largest absolute Gasteiger partial charge is 1.00 e. The number of rotatable bonds is 41. The van der Waals surface area contributed by atoms with Gasteiger partial charge in [0, 0.05) is 32.4 Å². The van der Waals surface area contributed by atoms with Gasteiger partial charge in [-0.15, -0.1) is 0 Å². The summed E-state index contributed by atoms with van der Waals surface area (Å²) in [5.41, 5.74) is 0. The van der Waals surface area contributed by atoms with Gasteiger partial charge in [0.25, 0.3) is 0 Å². The number of hydrogen-bond acceptors (Lipinski definition) is 9. The standard InChI is InChI=1S/C48H90N4O9.2ClH/c1-8-9-24-31-43(61-47(57)34-29-33-46(56)59-39-37-51(2,3)4)42(53)30-25-20-16-12-13-17-21-26-32-44(54)49-35-27-22-18-14-10-11-15-19-23-28-36-50-45(55)41-48(58)60-40-38-52(5,6)7;;/h20,25,42-43,53H,8-19,21-24,26-41H2,1-7H3;2*1H/b25-20-;;. The van der Waals surface area contributed by atoms with Crippen LogP contribution in [0, 0.1) is 0 Å². The lowest BCUT2D eigenvalue weighted by atomic mass is 10.0. The Hall–Kier alpha value is -2.45. The van der Waals surface area contributed by atoms with E-state index in [4.69, 9.17) is 14.2 Å². The fourth-order valence-corrected chi connectivity index (χ4v) is 6.51. The smallest absolute Gasteiger partial charge is 0.315 e. The summed E-state index contributed by atoms with van der Waals surface area (Å²) in [5.74, 6) is -1.26. The Balaban J connectivity index is -0.0000180. The van der Waals surface area contributed by atoms with E-state index in [-0.39, 0.29) is 67.8 Å². The Bertz CT molecular complexity index is 1200. The average Bonchev–Trinajstić information content (AvgIpc) is 3.17. The minimum atomic E-state index is -0.757. The number of nitrogens with zero attached hydrogens (tertiary/aromatic N) is 2. The maximum atomic E-state index is 12.5. The number of likely N-dealkylation sites (N-methyl/N-ethyl adjacent to an activating group) is 2. The van der Waals surface area contributed by atoms with Gasteiger partial charge in [0.05, 0.1) is 48.4 Å². The van der Waals surface area contributed by atoms with Crippen LogP contribution in [0.5, 0.6) is 0 Å². The highest BCUT2D eigenvalue weighted by molar-refractivity contribution is 5.94. The molecule has 0 radical (unpaired) electrons. The van der Waals surface area contributed by atoms with E-state index < -0.39 is 18.2 Å². The molecule has 0 aromatic rings. The Labute approximate surface area is 395 Å². The van der Waals surface area contributed by atoms with Gasteiger partial charge in [0.15, 0.2) is 0 Å². The molecule has 0 saturated heterocycles. The number of carbonyl (C=O) groups is 5. The van der Waals surface area contributed by atoms with Crippen LogP contribution in [0.25, 0.3) is 0 Å². The van der Waals surface area contributed by atoms with Gasteiger partial charge in [-0.3, -0.25) is 24.0 Å². The lowest BCUT2D eigenvalue weighted by Gasteiger charge is -2.23. The number of amides is 2. The Kier molecular flexibility index (Phi) is 43.4. The second-order valence-electron chi connectivity index (χ2n) is 18.8. The van der Waals surface area contributed by atoms with Gasteiger partial charge in [0.1, 0.15) is 38.8 Å². The fraction of sp³-hybridized carbons (Fsp3) is 0.854. The number of ether oxygens (including phenoxy) is 3. The summed E-state index contributed by atoms with van der Waals surface area (Å²) in [6.45, 7) is 5.59. The van der Waals surface area contributed by atoms with Crippen molar-refractivity contribution in [2.75, 3.05) is 81.7 Å². The first-order valence-corrected chi connectivity index (χ1v) is 24.0. The highest BCUT2D eigenvalue weighted by Gasteiger charge is 2.22. The molecule has 2 atom stereocenters. The van der Waals surface area contributed by atoms with Gasteiger partial charge in [-0.25, -0.2) is 0 Å². The summed E-state index contributed by atoms with van der Waals surface area (Å²) >= 11 is 0. The number of aliphatic hydroxyl groups excluding tert-OH is 1. The van der Waals surface area contributed by atoms with Crippen LogP contribution in [0.2, 0.25) is 0 Å². The van der Waals surface area contributed by atoms with Gasteiger partial charge in [-0.2, -0.15) is 0 Å². The van der Waals surface area contributed by atoms with E-state index >= 15 is 0 Å². The fourth-order valence-electron chi connectivity index (χ4n) is 6.51. The number of unbranched alkanes of at least 4 members (excludes halogenated alkanes) is 16. The van der Waals surface area contributed by atoms with Gasteiger partial charge in [0.2, 0.25) is 11.8 Å². The molecule has 3 N–H and O–H groups in total. The summed E-state index contributed by atoms with van der Waals surface area (Å²) in [5, 5.41) is 16.7. The molecular weight excluding hydrogens is 847 g/mol. The van der Waals surface area contributed by atoms with E-state index in [1.807, 2.05) is 48.4 Å². The van der Waals surface area contributed by atoms with Crippen molar-refractivity contribution in [2.45, 2.75) is 186 Å². The van der Waals surface area contributed by atoms with Crippen molar-refractivity contribution in [3.05, 3.63) is 12.2 Å². The van der Waals surface area contributed by atoms with Crippen molar-refractivity contribution in [3.8, 4) is 0 Å². The topological polar surface area (TPSA) is 157 Å². The first-order chi connectivity index (χ1) is 29.0. The second-order valence-corrected chi connectivity index (χ2v) is 18.8. The van der Waals surface area contributed by atoms with Gasteiger partial charge in [-0.1, -0.05) is 103 Å². The van der Waals surface area contributed by atoms with Gasteiger partial charge in [-0.05, 0) is 57.8 Å². The van der Waals surface area contributed by atoms with Crippen LogP contribution in [0.4, 0.5) is 0 Å². The van der Waals surface area contributed by atoms with E-state index in [9.17, 15) is 29.1 Å². The maximum Gasteiger partial charge on any atom is 0.315 e. The zero-order valence-electron chi connectivity index (χ0n) is 40.8. The van der Waals surface area contributed by atoms with E-state index in [2.05, 4.69) is 23.6 Å². The second kappa shape index (κ2) is 42.2. The van der Waals surface area contributed by atoms with E-state index in [0.717, 1.165) is 103 Å². The molecule has 2 amide bonds. The molecule has 0 rings (SSSR count). The molecule has 0 aromatic heterocycles. The van der Waals surface area contributed by atoms with Crippen LogP contribution in [-0.4, -0.2) is 138 Å². The molecule has 0 aliphatic rings. The predicted molar refractivity (Wildman–Crippen MR) is 244 cm³/mol. The number of nitrogens with one attached hydrogen (secondary N) is 2. The van der Waals surface area contributed by atoms with Crippen molar-refractivity contribution in [1.82, 2.24) is 10.6 Å². The molecule has 0 aliphatic heterocycles. The normalized spacial score (nSPS) is 12.4. The third-order valence-electron chi connectivity index (χ3n) is 10.5. The third-order valence-corrected chi connectivity index (χ3v) is 10.5. The highest BCUT2D eigenvalue weighted by atomic mass is 35.5. The SMILES string of the molecule is CCCCCC(OC(=O)CCCC(=O)OCC[N+](C)(C)C)C(O)C/C=C\CCCCCCCC(=O)NCCCCCCCCCCCCNC(=O)CC(=O)OCC[N+](C)(C)C.[Cl-].[Cl-]. The first kappa shape index (κ1) is 64.8. The number of halogens is 2. The van der Waals surface area contributed by atoms with E-state index in [1.54, 1.807) is 0 Å². The number of aliphatic hydroxyl groups is 1. The highest BCUT2D eigenvalue weighted by Crippen LogP contribution is 2.17. The van der Waals surface area contributed by atoms with Crippen molar-refractivity contribution in [1.29, 1.82) is 0 Å². The molecule has 15 heteroatoms. The minimum Gasteiger partial charge on any atom is -1.00 e. The summed E-state index contributed by atoms with van der Waals surface area (Å²) in [7, 11) is 12.2. The lowest BCUT2D eigenvalue weighted by Crippen LogP contribution is -3.00. The monoisotopic (exact) mass is 939 g/mol. The first-order valence-electron chi connectivity index (χ1n) is 24.0. The molecule has 0 bridgehead atoms. The number of hydrogen-bond donors (Lipinski definition) is 3. The van der Waals surface area contributed by atoms with Crippen molar-refractivity contribution < 1.29 is 77.1 Å². The molecule has 0 heterocycles. The number of quaternary nitrogens is 2. The van der Waals surface area contributed by atoms with E-state index in [1.165, 1.54) is 32.1 Å². The average molecular weight is 940 g/mol. The van der Waals surface area contributed by atoms with Crippen LogP contribution in [-0.2, 0) is 38.2 Å². The van der Waals surface area contributed by atoms with Gasteiger partial charge < -0.3 is 63.7 Å². The molecule has 372 valence electrons. The minimum absolute atomic E-state index is 0. The van der Waals surface area contributed by atoms with Crippen molar-refractivity contribution in [2.24, 2.45) is 0 Å². The maximum absolute atomic E-state index is 12.5. The van der Waals surface area contributed by atoms with Crippen LogP contribution in [0.15, 0.2) is 12.2 Å². The van der Waals surface area contributed by atoms with Crippen LogP contribution in [0.1, 0.15) is 174 Å². The van der Waals surface area contributed by atoms with Crippen LogP contribution < -0.4 is 35.4 Å². The molecule has 2 unspecified atom stereocenters. The molecule has 13 nitrogen and oxygen atoms in total. The number of carbonyl (C=O) groups excluding carboxylic acids is 5. The van der Waals surface area contributed by atoms with E-state index in [0.29, 0.717) is 61.0 Å². The summed E-state index contributed by atoms with van der Waals surface area (Å²) in [6.07, 6.45) is 25.4. The summed E-state index contributed by atoms with van der Waals surface area (Å²) in [4.78, 5) is 60.4. The molecule has 0 spiro atoms. The van der Waals surface area contributed by atoms with Crippen LogP contribution in [0.3, 0.4) is 0 Å². The Morgan fingerprint density at radius 2 is 1.02 bits per heavy atom. The summed E-state index contributed by atoms with van der Waals surface area (Å²) in [6, 6.07) is 0. The van der Waals surface area contributed by atoms with Gasteiger partial charge >= 0.3 is 17.9 Å².